The lowest BCUT2D eigenvalue weighted by molar-refractivity contribution is -0.147. The number of nitrogens with one attached hydrogen (secondary N) is 1. The number of rotatable bonds is 7. The van der Waals surface area contributed by atoms with E-state index >= 15 is 0 Å². The topological polar surface area (TPSA) is 41.6 Å². The standard InChI is InChI=1S/C15H23FN2O2/c1-5-17-15(3,14(19)20-4)11-18(6-2)13-9-7-12(16)8-10-13/h7-10,17H,5-6,11H2,1-4H3. The van der Waals surface area contributed by atoms with Crippen molar-refractivity contribution in [2.45, 2.75) is 26.3 Å². The van der Waals surface area contributed by atoms with E-state index in [1.54, 1.807) is 12.1 Å². The number of anilines is 1. The highest BCUT2D eigenvalue weighted by Crippen LogP contribution is 2.18. The molecule has 1 aromatic rings. The molecule has 0 heterocycles. The van der Waals surface area contributed by atoms with Gasteiger partial charge in [-0.2, -0.15) is 0 Å². The highest BCUT2D eigenvalue weighted by molar-refractivity contribution is 5.81. The number of carbonyl (C=O) groups is 1. The molecule has 0 bridgehead atoms. The minimum absolute atomic E-state index is 0.271. The van der Waals surface area contributed by atoms with Crippen LogP contribution in [0.25, 0.3) is 0 Å². The zero-order valence-corrected chi connectivity index (χ0v) is 12.6. The molecule has 1 rings (SSSR count). The molecule has 0 aliphatic rings. The maximum absolute atomic E-state index is 13.0. The van der Waals surface area contributed by atoms with Crippen molar-refractivity contribution < 1.29 is 13.9 Å². The molecule has 4 nitrogen and oxygen atoms in total. The fourth-order valence-corrected chi connectivity index (χ4v) is 2.23. The Bertz CT molecular complexity index is 436. The molecule has 0 aromatic heterocycles. The van der Waals surface area contributed by atoms with Gasteiger partial charge >= 0.3 is 5.97 Å². The van der Waals surface area contributed by atoms with Crippen LogP contribution in [-0.2, 0) is 9.53 Å². The zero-order chi connectivity index (χ0) is 15.2. The van der Waals surface area contributed by atoms with E-state index in [1.165, 1.54) is 19.2 Å². The third-order valence-corrected chi connectivity index (χ3v) is 3.28. The van der Waals surface area contributed by atoms with E-state index in [0.29, 0.717) is 19.6 Å². The van der Waals surface area contributed by atoms with Gasteiger partial charge in [-0.15, -0.1) is 0 Å². The first kappa shape index (κ1) is 16.4. The van der Waals surface area contributed by atoms with Crippen LogP contribution >= 0.6 is 0 Å². The van der Waals surface area contributed by atoms with Gasteiger partial charge in [0.25, 0.3) is 0 Å². The quantitative estimate of drug-likeness (QED) is 0.778. The molecular weight excluding hydrogens is 259 g/mol. The molecule has 1 unspecified atom stereocenters. The summed E-state index contributed by atoms with van der Waals surface area (Å²) in [6.45, 7) is 7.57. The van der Waals surface area contributed by atoms with E-state index in [9.17, 15) is 9.18 Å². The molecule has 0 fully saturated rings. The van der Waals surface area contributed by atoms with Crippen LogP contribution in [-0.4, -0.2) is 38.3 Å². The number of ether oxygens (including phenoxy) is 1. The van der Waals surface area contributed by atoms with Crippen molar-refractivity contribution in [2.75, 3.05) is 31.6 Å². The Kier molecular flexibility index (Phi) is 5.95. The summed E-state index contributed by atoms with van der Waals surface area (Å²) in [5.74, 6) is -0.577. The zero-order valence-electron chi connectivity index (χ0n) is 12.6. The normalized spacial score (nSPS) is 13.7. The SMILES string of the molecule is CCNC(C)(CN(CC)c1ccc(F)cc1)C(=O)OC. The molecule has 0 aliphatic heterocycles. The molecule has 5 heteroatoms. The molecule has 0 aliphatic carbocycles. The van der Waals surface area contributed by atoms with Gasteiger partial charge < -0.3 is 15.0 Å². The Morgan fingerprint density at radius 1 is 1.35 bits per heavy atom. The maximum atomic E-state index is 13.0. The lowest BCUT2D eigenvalue weighted by atomic mass is 10.0. The summed E-state index contributed by atoms with van der Waals surface area (Å²) in [7, 11) is 1.38. The molecule has 112 valence electrons. The van der Waals surface area contributed by atoms with Gasteiger partial charge in [0.1, 0.15) is 11.4 Å². The molecule has 0 saturated heterocycles. The van der Waals surface area contributed by atoms with E-state index in [1.807, 2.05) is 25.7 Å². The average Bonchev–Trinajstić information content (AvgIpc) is 2.45. The minimum atomic E-state index is -0.798. The van der Waals surface area contributed by atoms with Gasteiger partial charge in [0, 0.05) is 18.8 Å². The molecule has 0 saturated carbocycles. The van der Waals surface area contributed by atoms with Crippen LogP contribution < -0.4 is 10.2 Å². The summed E-state index contributed by atoms with van der Waals surface area (Å²) in [5.41, 5.74) is 0.0791. The monoisotopic (exact) mass is 282 g/mol. The van der Waals surface area contributed by atoms with Crippen molar-refractivity contribution in [2.24, 2.45) is 0 Å². The molecule has 1 aromatic carbocycles. The summed E-state index contributed by atoms with van der Waals surface area (Å²) >= 11 is 0. The second kappa shape index (κ2) is 7.24. The summed E-state index contributed by atoms with van der Waals surface area (Å²) < 4.78 is 17.9. The molecule has 20 heavy (non-hydrogen) atoms. The van der Waals surface area contributed by atoms with E-state index in [0.717, 1.165) is 5.69 Å². The third kappa shape index (κ3) is 3.93. The highest BCUT2D eigenvalue weighted by atomic mass is 19.1. The van der Waals surface area contributed by atoms with Gasteiger partial charge in [0.15, 0.2) is 0 Å². The molecule has 1 atom stereocenters. The second-order valence-corrected chi connectivity index (χ2v) is 4.84. The summed E-state index contributed by atoms with van der Waals surface area (Å²) in [5, 5.41) is 3.17. The molecule has 0 amide bonds. The fourth-order valence-electron chi connectivity index (χ4n) is 2.23. The van der Waals surface area contributed by atoms with Crippen LogP contribution in [0.2, 0.25) is 0 Å². The van der Waals surface area contributed by atoms with Gasteiger partial charge in [-0.3, -0.25) is 0 Å². The Morgan fingerprint density at radius 2 is 1.95 bits per heavy atom. The van der Waals surface area contributed by atoms with Gasteiger partial charge in [0.05, 0.1) is 7.11 Å². The highest BCUT2D eigenvalue weighted by Gasteiger charge is 2.35. The maximum Gasteiger partial charge on any atom is 0.327 e. The molecule has 0 radical (unpaired) electrons. The van der Waals surface area contributed by atoms with Gasteiger partial charge in [-0.25, -0.2) is 9.18 Å². The van der Waals surface area contributed by atoms with Gasteiger partial charge in [-0.1, -0.05) is 6.92 Å². The smallest absolute Gasteiger partial charge is 0.327 e. The van der Waals surface area contributed by atoms with Gasteiger partial charge in [-0.05, 0) is 44.7 Å². The Hall–Kier alpha value is -1.62. The van der Waals surface area contributed by atoms with Crippen LogP contribution in [0.1, 0.15) is 20.8 Å². The van der Waals surface area contributed by atoms with Crippen molar-refractivity contribution in [1.82, 2.24) is 5.32 Å². The Balaban J connectivity index is 2.94. The number of methoxy groups -OCH3 is 1. The molecule has 0 spiro atoms. The predicted octanol–water partition coefficient (Wildman–Crippen LogP) is 2.19. The molecule has 1 N–H and O–H groups in total. The van der Waals surface area contributed by atoms with E-state index in [4.69, 9.17) is 4.74 Å². The van der Waals surface area contributed by atoms with Crippen LogP contribution in [0.15, 0.2) is 24.3 Å². The van der Waals surface area contributed by atoms with Crippen LogP contribution in [0, 0.1) is 5.82 Å². The lowest BCUT2D eigenvalue weighted by Crippen LogP contribution is -2.57. The number of hydrogen-bond donors (Lipinski definition) is 1. The van der Waals surface area contributed by atoms with Crippen molar-refractivity contribution in [1.29, 1.82) is 0 Å². The number of nitrogens with zero attached hydrogens (tertiary/aromatic N) is 1. The number of benzene rings is 1. The number of halogens is 1. The van der Waals surface area contributed by atoms with E-state index in [2.05, 4.69) is 5.32 Å². The lowest BCUT2D eigenvalue weighted by Gasteiger charge is -2.34. The van der Waals surface area contributed by atoms with Crippen LogP contribution in [0.4, 0.5) is 10.1 Å². The number of carbonyl (C=O) groups excluding carboxylic acids is 1. The van der Waals surface area contributed by atoms with Crippen molar-refractivity contribution >= 4 is 11.7 Å². The third-order valence-electron chi connectivity index (χ3n) is 3.28. The van der Waals surface area contributed by atoms with Gasteiger partial charge in [0.2, 0.25) is 0 Å². The predicted molar refractivity (Wildman–Crippen MR) is 78.4 cm³/mol. The van der Waals surface area contributed by atoms with Crippen molar-refractivity contribution in [3.63, 3.8) is 0 Å². The number of hydrogen-bond acceptors (Lipinski definition) is 4. The number of esters is 1. The minimum Gasteiger partial charge on any atom is -0.468 e. The van der Waals surface area contributed by atoms with E-state index in [-0.39, 0.29) is 11.8 Å². The van der Waals surface area contributed by atoms with Crippen LogP contribution in [0.3, 0.4) is 0 Å². The Morgan fingerprint density at radius 3 is 2.40 bits per heavy atom. The largest absolute Gasteiger partial charge is 0.468 e. The van der Waals surface area contributed by atoms with Crippen LogP contribution in [0.5, 0.6) is 0 Å². The van der Waals surface area contributed by atoms with Crippen molar-refractivity contribution in [3.05, 3.63) is 30.1 Å². The summed E-state index contributed by atoms with van der Waals surface area (Å²) in [6.07, 6.45) is 0. The van der Waals surface area contributed by atoms with E-state index < -0.39 is 5.54 Å². The van der Waals surface area contributed by atoms with Crippen molar-refractivity contribution in [3.8, 4) is 0 Å². The Labute approximate surface area is 119 Å². The average molecular weight is 282 g/mol. The first-order valence-corrected chi connectivity index (χ1v) is 6.80. The summed E-state index contributed by atoms with van der Waals surface area (Å²) in [6, 6.07) is 6.26. The first-order chi connectivity index (χ1) is 9.46. The second-order valence-electron chi connectivity index (χ2n) is 4.84. The fraction of sp³-hybridized carbons (Fsp3) is 0.533. The first-order valence-electron chi connectivity index (χ1n) is 6.80. The molecular formula is C15H23FN2O2. The summed E-state index contributed by atoms with van der Waals surface area (Å²) in [4.78, 5) is 14.0. The number of likely N-dealkylation sites (N-methyl/N-ethyl adjacent to an activating group) is 2.